The number of benzene rings is 6. The van der Waals surface area contributed by atoms with Gasteiger partial charge in [-0.3, -0.25) is 0 Å². The Morgan fingerprint density at radius 2 is 0.938 bits per heavy atom. The number of thiophene rings is 1. The van der Waals surface area contributed by atoms with Gasteiger partial charge in [0.25, 0.3) is 6.71 Å². The molecule has 0 N–H and O–H groups in total. The van der Waals surface area contributed by atoms with E-state index in [-0.39, 0.29) is 39.2 Å². The van der Waals surface area contributed by atoms with Crippen LogP contribution in [0.25, 0.3) is 20.2 Å². The van der Waals surface area contributed by atoms with E-state index in [4.69, 9.17) is 0 Å². The van der Waals surface area contributed by atoms with Gasteiger partial charge >= 0.3 is 0 Å². The average Bonchev–Trinajstić information content (AvgIpc) is 3.73. The van der Waals surface area contributed by atoms with Crippen LogP contribution in [0.3, 0.4) is 0 Å². The monoisotopic (exact) mass is 874 g/mol. The molecule has 0 bridgehead atoms. The molecule has 0 saturated carbocycles. The molecule has 2 nitrogen and oxygen atoms in total. The van der Waals surface area contributed by atoms with Gasteiger partial charge in [0, 0.05) is 48.0 Å². The molecule has 2 aliphatic heterocycles. The smallest absolute Gasteiger partial charge is 0.252 e. The molecule has 0 radical (unpaired) electrons. The van der Waals surface area contributed by atoms with Crippen molar-refractivity contribution >= 4 is 88.7 Å². The molecule has 5 aliphatic rings. The normalized spacial score (nSPS) is 21.7. The quantitative estimate of drug-likeness (QED) is 0.160. The molecular weight excluding hydrogens is 804 g/mol. The molecule has 4 heteroatoms. The van der Waals surface area contributed by atoms with E-state index in [2.05, 4.69) is 191 Å². The third-order valence-electron chi connectivity index (χ3n) is 17.6. The molecule has 1 aromatic heterocycles. The van der Waals surface area contributed by atoms with E-state index in [1.54, 1.807) is 0 Å². The molecule has 7 aromatic rings. The summed E-state index contributed by atoms with van der Waals surface area (Å²) in [4.78, 5) is 5.04. The van der Waals surface area contributed by atoms with Crippen LogP contribution in [0.5, 0.6) is 0 Å². The maximum Gasteiger partial charge on any atom is 0.252 e. The maximum absolute atomic E-state index is 9.24. The number of hydrogen-bond donors (Lipinski definition) is 0. The van der Waals surface area contributed by atoms with Gasteiger partial charge in [-0.2, -0.15) is 0 Å². The summed E-state index contributed by atoms with van der Waals surface area (Å²) >= 11 is 1.84. The predicted molar refractivity (Wildman–Crippen MR) is 284 cm³/mol. The van der Waals surface area contributed by atoms with Gasteiger partial charge in [-0.15, -0.1) is 11.3 Å². The summed E-state index contributed by atoms with van der Waals surface area (Å²) in [6.45, 7) is 28.9. The minimum absolute atomic E-state index is 0.0151. The second-order valence-corrected chi connectivity index (χ2v) is 25.9. The predicted octanol–water partition coefficient (Wildman–Crippen LogP) is 15.4. The second-order valence-electron chi connectivity index (χ2n) is 24.9. The summed E-state index contributed by atoms with van der Waals surface area (Å²) in [7, 11) is 0. The highest BCUT2D eigenvalue weighted by molar-refractivity contribution is 7.26. The van der Waals surface area contributed by atoms with Crippen LogP contribution in [0.15, 0.2) is 91.0 Å². The fourth-order valence-electron chi connectivity index (χ4n) is 13.9. The zero-order valence-corrected chi connectivity index (χ0v) is 41.9. The fourth-order valence-corrected chi connectivity index (χ4v) is 15.1. The molecule has 330 valence electrons. The third kappa shape index (κ3) is 5.71. The van der Waals surface area contributed by atoms with Crippen molar-refractivity contribution in [2.45, 2.75) is 161 Å². The zero-order valence-electron chi connectivity index (χ0n) is 44.1. The fraction of sp³-hybridized carbons (Fsp3) is 0.410. The van der Waals surface area contributed by atoms with Crippen molar-refractivity contribution < 1.29 is 4.11 Å². The first-order valence-electron chi connectivity index (χ1n) is 25.9. The number of hydrogen-bond acceptors (Lipinski definition) is 3. The number of fused-ring (bicyclic) bond motifs is 10. The molecule has 0 atom stereocenters. The van der Waals surface area contributed by atoms with E-state index in [1.807, 2.05) is 11.3 Å². The van der Waals surface area contributed by atoms with Crippen molar-refractivity contribution in [3.63, 3.8) is 0 Å². The van der Waals surface area contributed by atoms with Crippen LogP contribution in [-0.2, 0) is 32.5 Å². The molecule has 3 heterocycles. The molecule has 65 heavy (non-hydrogen) atoms. The van der Waals surface area contributed by atoms with Gasteiger partial charge in [0.2, 0.25) is 0 Å². The Labute approximate surface area is 397 Å². The standard InChI is InChI=1S/C61H67BN2S/c1-35-26-51-54-52(27-35)64(48-31-42-39(28-36(48)2)56(3,4)22-24-58(42,7)8)50-33-44-41(60(11,12)34-61(44,13)14)30-46(50)62(54)45-29-40-43(59(9,10)25-23-57(40,5)6)32-49(45)63(51)47-20-17-19-38-37-18-15-16-21-53(37)65-55(38)47/h15-21,26-33H,22-25,34H2,1-14H3/i1D3. The summed E-state index contributed by atoms with van der Waals surface area (Å²) in [5.74, 6) is 0. The molecule has 0 saturated heterocycles. The van der Waals surface area contributed by atoms with Crippen molar-refractivity contribution in [1.29, 1.82) is 0 Å². The van der Waals surface area contributed by atoms with Gasteiger partial charge < -0.3 is 9.80 Å². The van der Waals surface area contributed by atoms with Crippen molar-refractivity contribution in [3.05, 3.63) is 136 Å². The van der Waals surface area contributed by atoms with Crippen molar-refractivity contribution in [2.75, 3.05) is 9.80 Å². The van der Waals surface area contributed by atoms with Crippen molar-refractivity contribution in [2.24, 2.45) is 0 Å². The Balaban J connectivity index is 1.26. The highest BCUT2D eigenvalue weighted by Crippen LogP contribution is 2.56. The van der Waals surface area contributed by atoms with Crippen molar-refractivity contribution in [3.8, 4) is 0 Å². The number of rotatable bonds is 2. The van der Waals surface area contributed by atoms with E-state index in [1.165, 1.54) is 86.9 Å². The van der Waals surface area contributed by atoms with E-state index in [9.17, 15) is 4.11 Å². The lowest BCUT2D eigenvalue weighted by Gasteiger charge is -2.48. The zero-order chi connectivity index (χ0) is 48.2. The van der Waals surface area contributed by atoms with E-state index >= 15 is 0 Å². The number of anilines is 6. The minimum atomic E-state index is -2.36. The van der Waals surface area contributed by atoms with E-state index in [0.29, 0.717) is 5.56 Å². The second kappa shape index (κ2) is 13.0. The maximum atomic E-state index is 9.24. The van der Waals surface area contributed by atoms with Gasteiger partial charge in [-0.25, -0.2) is 0 Å². The molecule has 0 unspecified atom stereocenters. The molecule has 0 spiro atoms. The highest BCUT2D eigenvalue weighted by atomic mass is 32.1. The topological polar surface area (TPSA) is 6.48 Å². The largest absolute Gasteiger partial charge is 0.311 e. The van der Waals surface area contributed by atoms with E-state index < -0.39 is 6.85 Å². The first-order chi connectivity index (χ1) is 31.7. The van der Waals surface area contributed by atoms with Gasteiger partial charge in [-0.05, 0) is 182 Å². The highest BCUT2D eigenvalue weighted by Gasteiger charge is 2.50. The molecule has 3 aliphatic carbocycles. The lowest BCUT2D eigenvalue weighted by atomic mass is 9.32. The Hall–Kier alpha value is -4.80. The van der Waals surface area contributed by atoms with Crippen molar-refractivity contribution in [1.82, 2.24) is 0 Å². The molecule has 0 amide bonds. The van der Waals surface area contributed by atoms with Crippen LogP contribution in [0.2, 0.25) is 0 Å². The van der Waals surface area contributed by atoms with Gasteiger partial charge in [-0.1, -0.05) is 132 Å². The Morgan fingerprint density at radius 3 is 1.51 bits per heavy atom. The van der Waals surface area contributed by atoms with Crippen LogP contribution < -0.4 is 26.2 Å². The van der Waals surface area contributed by atoms with Crippen LogP contribution in [-0.4, -0.2) is 6.71 Å². The lowest BCUT2D eigenvalue weighted by Crippen LogP contribution is -2.62. The van der Waals surface area contributed by atoms with Gasteiger partial charge in [0.15, 0.2) is 0 Å². The van der Waals surface area contributed by atoms with Gasteiger partial charge in [0.05, 0.1) is 10.4 Å². The van der Waals surface area contributed by atoms with Crippen LogP contribution in [0.4, 0.5) is 34.1 Å². The SMILES string of the molecule is [2H]C([2H])([2H])c1cc2c3c(c1)N(c1cccc4c1sc1ccccc14)c1cc4c(cc1B3c1cc3c(cc1N2c1cc2c(cc1C)C(C)(C)CCC2(C)C)C(C)(C)CC3(C)C)C(C)(C)CCC4(C)C. The average molecular weight is 874 g/mol. The molecule has 0 fully saturated rings. The lowest BCUT2D eigenvalue weighted by molar-refractivity contribution is 0.332. The minimum Gasteiger partial charge on any atom is -0.311 e. The van der Waals surface area contributed by atoms with E-state index in [0.717, 1.165) is 54.9 Å². The Bertz CT molecular complexity index is 3360. The molecule has 6 aromatic carbocycles. The third-order valence-corrected chi connectivity index (χ3v) is 18.8. The number of aryl methyl sites for hydroxylation is 2. The van der Waals surface area contributed by atoms with Crippen LogP contribution >= 0.6 is 11.3 Å². The van der Waals surface area contributed by atoms with Crippen LogP contribution in [0, 0.1) is 13.8 Å². The van der Waals surface area contributed by atoms with Crippen LogP contribution in [0.1, 0.15) is 164 Å². The summed E-state index contributed by atoms with van der Waals surface area (Å²) in [6.07, 6.45) is 5.54. The first-order valence-corrected chi connectivity index (χ1v) is 25.2. The van der Waals surface area contributed by atoms with Gasteiger partial charge in [0.1, 0.15) is 0 Å². The summed E-state index contributed by atoms with van der Waals surface area (Å²) in [5.41, 5.74) is 20.4. The summed E-state index contributed by atoms with van der Waals surface area (Å²) in [5, 5.41) is 2.49. The Morgan fingerprint density at radius 1 is 0.477 bits per heavy atom. The molecule has 12 rings (SSSR count). The summed E-state index contributed by atoms with van der Waals surface area (Å²) in [6, 6.07) is 35.0. The number of nitrogens with zero attached hydrogens (tertiary/aromatic N) is 2. The first kappa shape index (κ1) is 38.3. The Kier molecular flexibility index (Phi) is 7.67. The summed E-state index contributed by atoms with van der Waals surface area (Å²) < 4.78 is 30.2. The molecular formula is C61H67BN2S.